The van der Waals surface area contributed by atoms with Gasteiger partial charge in [0, 0.05) is 80.8 Å². The molecule has 4 heterocycles. The number of Topliss-reactive ketones (excluding diaryl/α,β-unsaturated/α-hetero) is 2. The predicted octanol–water partition coefficient (Wildman–Crippen LogP) is 11.6. The van der Waals surface area contributed by atoms with E-state index in [2.05, 4.69) is 92.1 Å². The minimum Gasteiger partial charge on any atom is -1.00 e. The minimum atomic E-state index is -0.359. The van der Waals surface area contributed by atoms with Crippen molar-refractivity contribution in [1.82, 2.24) is 30.6 Å². The third kappa shape index (κ3) is 29.6. The van der Waals surface area contributed by atoms with Crippen LogP contribution in [0.2, 0.25) is 0 Å². The Hall–Kier alpha value is -7.88. The van der Waals surface area contributed by atoms with Gasteiger partial charge in [0.15, 0.2) is 28.9 Å². The van der Waals surface area contributed by atoms with Gasteiger partial charge in [-0.05, 0) is 230 Å². The third-order valence-corrected chi connectivity index (χ3v) is 18.2. The second kappa shape index (κ2) is 50.5. The number of aromatic nitrogens is 4. The molecule has 11 rings (SSSR count). The number of hydrogen-bond donors (Lipinski definition) is 4. The molecule has 0 fully saturated rings. The molecule has 560 valence electrons. The van der Waals surface area contributed by atoms with Crippen LogP contribution >= 0.6 is 0 Å². The largest absolute Gasteiger partial charge is 1.00 e. The molecule has 4 aliphatic rings. The molecule has 4 aliphatic carbocycles. The predicted molar refractivity (Wildman–Crippen MR) is 414 cm³/mol. The van der Waals surface area contributed by atoms with Crippen molar-refractivity contribution >= 4 is 46.8 Å². The molecule has 21 heteroatoms. The Bertz CT molecular complexity index is 3650. The Kier molecular flexibility index (Phi) is 44.8. The number of ether oxygens (including phenoxy) is 6. The fourth-order valence-corrected chi connectivity index (χ4v) is 12.7. The summed E-state index contributed by atoms with van der Waals surface area (Å²) in [6.07, 6.45) is 20.8. The quantitative estimate of drug-likeness (QED) is 0.0201. The average Bonchev–Trinajstić information content (AvgIpc) is 0.823. The number of benzene rings is 3. The van der Waals surface area contributed by atoms with Crippen molar-refractivity contribution in [2.45, 2.75) is 183 Å². The molecule has 0 saturated heterocycles. The standard InChI is InChI=1S/C23H30N2O3.C21H28N2O2.C14H17NO3.C9H9NO.C9H13NO.C5H8O2.2CH4.Al.Li.4H/c1-4-28-21(26)14-11-19-8-7-18-6-5-15-24-22(18)23(19)25-16(2)17-9-12-20(27-3)13-10-17;1-15(16-9-11-19(25-2)12-10-16)23-21-18(6-4-14-24)8-7-17-5-3-13-22-20(17)21;1-2-18-12(16)8-7-11-6-5-10-4-3-9-15-13(10)14(11)17;11-8-5-1-3-7-4-2-6-10-9(7)8;1-7(10)8-3-5-9(11-2)6-4-8;1-3-5(6)7-4-2;;;;;;;;/h5-6,9-10,12-13,15-16,19,23,25H,4,7-8,11,14H2,1-3H3;3,5,9-13,15,18,21,23-24H,4,6-8,14H2,1-2H3;3-4,9,11H,2,5-8H2,1H3;2,4,6H,1,3,5H2;3-7H,10H2,1-2H3;3H,1,4H2,2H3;2*1H4;;;;;;/q;;;;;;;;;+1;;;;-1/t16-,19+,23-;15-,18-,21-;;;7-;;;;;;;;;/m00..0........./s1. The van der Waals surface area contributed by atoms with Crippen LogP contribution in [0.1, 0.15) is 230 Å². The first kappa shape index (κ1) is 92.2. The van der Waals surface area contributed by atoms with Crippen molar-refractivity contribution in [3.63, 3.8) is 0 Å². The van der Waals surface area contributed by atoms with Gasteiger partial charge in [-0.2, -0.15) is 0 Å². The molecule has 1 unspecified atom stereocenters. The third-order valence-electron chi connectivity index (χ3n) is 18.2. The van der Waals surface area contributed by atoms with E-state index < -0.39 is 0 Å². The molecule has 0 bridgehead atoms. The summed E-state index contributed by atoms with van der Waals surface area (Å²) in [6.45, 7) is 16.4. The molecule has 8 atom stereocenters. The van der Waals surface area contributed by atoms with Gasteiger partial charge in [-0.3, -0.25) is 39.1 Å². The van der Waals surface area contributed by atoms with Gasteiger partial charge in [0.05, 0.1) is 64.6 Å². The number of ketones is 2. The molecule has 0 amide bonds. The molecule has 7 aromatic rings. The molecule has 0 spiro atoms. The maximum absolute atomic E-state index is 12.2. The smallest absolute Gasteiger partial charge is 1.00 e. The summed E-state index contributed by atoms with van der Waals surface area (Å²) in [5, 5.41) is 16.8. The van der Waals surface area contributed by atoms with Crippen LogP contribution in [0.15, 0.2) is 159 Å². The van der Waals surface area contributed by atoms with Crippen LogP contribution < -0.4 is 49.4 Å². The van der Waals surface area contributed by atoms with Crippen LogP contribution in [0.25, 0.3) is 0 Å². The van der Waals surface area contributed by atoms with Gasteiger partial charge in [-0.1, -0.05) is 82.1 Å². The first-order valence-corrected chi connectivity index (χ1v) is 35.2. The second-order valence-corrected chi connectivity index (χ2v) is 24.9. The van der Waals surface area contributed by atoms with Crippen molar-refractivity contribution in [3.8, 4) is 17.2 Å². The first-order chi connectivity index (χ1) is 48.5. The molecule has 3 aromatic carbocycles. The Morgan fingerprint density at radius 3 is 1.38 bits per heavy atom. The van der Waals surface area contributed by atoms with Crippen LogP contribution in [-0.4, -0.2) is 120 Å². The summed E-state index contributed by atoms with van der Waals surface area (Å²) in [5.41, 5.74) is 17.6. The number of pyridine rings is 4. The van der Waals surface area contributed by atoms with Crippen LogP contribution in [0.5, 0.6) is 17.2 Å². The Morgan fingerprint density at radius 1 is 0.558 bits per heavy atom. The van der Waals surface area contributed by atoms with Crippen molar-refractivity contribution in [3.05, 3.63) is 220 Å². The Balaban J connectivity index is 0.000000657. The average molecular weight is 1440 g/mol. The van der Waals surface area contributed by atoms with E-state index in [1.54, 1.807) is 47.6 Å². The molecule has 19 nitrogen and oxygen atoms in total. The van der Waals surface area contributed by atoms with Crippen molar-refractivity contribution in [2.24, 2.45) is 23.5 Å². The molecular weight excluding hydrogens is 1320 g/mol. The first-order valence-electron chi connectivity index (χ1n) is 35.2. The maximum atomic E-state index is 12.2. The number of aliphatic hydroxyl groups is 1. The zero-order valence-electron chi connectivity index (χ0n) is 62.0. The minimum absolute atomic E-state index is 0. The fraction of sp³-hybridized carbons (Fsp3) is 0.458. The number of hydrogen-bond acceptors (Lipinski definition) is 19. The summed E-state index contributed by atoms with van der Waals surface area (Å²) in [4.78, 5) is 74.2. The summed E-state index contributed by atoms with van der Waals surface area (Å²) in [5.74, 6) is 2.95. The van der Waals surface area contributed by atoms with Gasteiger partial charge in [0.1, 0.15) is 28.6 Å². The number of aliphatic hydroxyl groups excluding tert-OH is 1. The van der Waals surface area contributed by atoms with Gasteiger partial charge < -0.3 is 51.3 Å². The number of nitrogens with two attached hydrogens (primary N) is 1. The number of rotatable bonds is 23. The van der Waals surface area contributed by atoms with E-state index >= 15 is 0 Å². The van der Waals surface area contributed by atoms with Crippen molar-refractivity contribution in [2.75, 3.05) is 47.8 Å². The van der Waals surface area contributed by atoms with E-state index in [9.17, 15) is 29.1 Å². The second-order valence-electron chi connectivity index (χ2n) is 24.9. The molecule has 0 radical (unpaired) electrons. The van der Waals surface area contributed by atoms with E-state index in [1.165, 1.54) is 27.9 Å². The maximum Gasteiger partial charge on any atom is 1.00 e. The normalized spacial score (nSPS) is 17.0. The molecule has 4 aromatic heterocycles. The number of carbonyl (C=O) groups excluding carboxylic acids is 5. The molecule has 5 N–H and O–H groups in total. The molecule has 0 aliphatic heterocycles. The number of aryl methyl sites for hydroxylation is 4. The van der Waals surface area contributed by atoms with Gasteiger partial charge in [-0.15, -0.1) is 0 Å². The van der Waals surface area contributed by atoms with Crippen LogP contribution in [0.3, 0.4) is 0 Å². The number of fused-ring (bicyclic) bond motifs is 4. The number of nitrogens with one attached hydrogen (secondary N) is 2. The monoisotopic (exact) mass is 1440 g/mol. The van der Waals surface area contributed by atoms with Gasteiger partial charge in [0.25, 0.3) is 0 Å². The van der Waals surface area contributed by atoms with Crippen LogP contribution in [0, 0.1) is 17.8 Å². The topological polar surface area (TPSA) is 263 Å². The zero-order valence-corrected chi connectivity index (χ0v) is 61.0. The number of nitrogens with zero attached hydrogens (tertiary/aromatic N) is 4. The molecular formula is C83H117AlLiN7O12. The van der Waals surface area contributed by atoms with Crippen LogP contribution in [0.4, 0.5) is 0 Å². The van der Waals surface area contributed by atoms with Gasteiger partial charge in [-0.25, -0.2) is 4.79 Å². The molecule has 104 heavy (non-hydrogen) atoms. The van der Waals surface area contributed by atoms with Gasteiger partial charge in [0.2, 0.25) is 0 Å². The summed E-state index contributed by atoms with van der Waals surface area (Å²) < 4.78 is 30.0. The number of carbonyl (C=O) groups is 5. The van der Waals surface area contributed by atoms with E-state index in [4.69, 9.17) is 29.4 Å². The SMILES string of the molecule is C.C.C=CC(=O)OCC.CCOC(=O)CCC1CCc2cccnc2C1=O.CCOC(=O)CC[C@H]1CCc2cccnc2[C@H]1N[C@@H](C)c1ccc(OC)cc1.COc1ccc([C@H](C)N)cc1.COc1ccc([C@H](C)N[C@@H]2c3ncccc3CC[C@@H]2CCCO)cc1.O=C1CCCc2cccnc21.[AlH3].[H-].[Li+]. The molecule has 0 saturated carbocycles. The summed E-state index contributed by atoms with van der Waals surface area (Å²) in [7, 11) is 5.02. The van der Waals surface area contributed by atoms with E-state index in [-0.39, 0.29) is 125 Å². The Morgan fingerprint density at radius 2 is 0.962 bits per heavy atom. The van der Waals surface area contributed by atoms with E-state index in [0.29, 0.717) is 68.7 Å². The summed E-state index contributed by atoms with van der Waals surface area (Å²) >= 11 is 0. The van der Waals surface area contributed by atoms with E-state index in [0.717, 1.165) is 116 Å². The number of methoxy groups -OCH3 is 3. The zero-order chi connectivity index (χ0) is 72.2. The summed E-state index contributed by atoms with van der Waals surface area (Å²) in [6, 6.07) is 41.0. The van der Waals surface area contributed by atoms with Gasteiger partial charge >= 0.3 is 36.8 Å². The Labute approximate surface area is 643 Å². The number of esters is 3. The van der Waals surface area contributed by atoms with Crippen LogP contribution in [-0.2, 0) is 54.3 Å². The fourth-order valence-electron chi connectivity index (χ4n) is 12.7. The van der Waals surface area contributed by atoms with Crippen molar-refractivity contribution < 1.29 is 77.8 Å². The van der Waals surface area contributed by atoms with Crippen molar-refractivity contribution in [1.29, 1.82) is 0 Å². The van der Waals surface area contributed by atoms with E-state index in [1.807, 2.05) is 111 Å².